The number of hydrogen-bond acceptors (Lipinski definition) is 7. The molecule has 1 heterocycles. The molecular formula is C21H23N3O4S2. The van der Waals surface area contributed by atoms with Gasteiger partial charge in [0.05, 0.1) is 11.5 Å². The number of rotatable bonds is 6. The molecule has 3 rings (SSSR count). The standard InChI is InChI=1S/C21H23N3O4S2/c1-13(2)16-8-10-18(11-9-16)30(26,27)28-19-14(3)6-5-7-17(19)12-22-24-21-23-20(25)15(4)29-21/h5-13,15H,1-4H3,(H,23,24,25)/b22-12-/t15-/m0/s1. The number of aryl methyl sites for hydroxylation is 1. The van der Waals surface area contributed by atoms with Crippen LogP contribution >= 0.6 is 11.8 Å². The minimum Gasteiger partial charge on any atom is -0.378 e. The van der Waals surface area contributed by atoms with Crippen molar-refractivity contribution in [3.63, 3.8) is 0 Å². The van der Waals surface area contributed by atoms with Gasteiger partial charge < -0.3 is 9.50 Å². The van der Waals surface area contributed by atoms with Crippen LogP contribution in [0.25, 0.3) is 0 Å². The van der Waals surface area contributed by atoms with E-state index in [1.54, 1.807) is 56.3 Å². The van der Waals surface area contributed by atoms with Gasteiger partial charge >= 0.3 is 10.1 Å². The number of amidine groups is 1. The molecule has 1 fully saturated rings. The largest absolute Gasteiger partial charge is 0.378 e. The Morgan fingerprint density at radius 2 is 1.87 bits per heavy atom. The summed E-state index contributed by atoms with van der Waals surface area (Å²) in [6, 6.07) is 11.9. The van der Waals surface area contributed by atoms with Crippen LogP contribution in [0, 0.1) is 6.92 Å². The second-order valence-electron chi connectivity index (χ2n) is 7.15. The smallest absolute Gasteiger partial charge is 0.339 e. The van der Waals surface area contributed by atoms with E-state index >= 15 is 0 Å². The predicted octanol–water partition coefficient (Wildman–Crippen LogP) is 3.83. The fourth-order valence-electron chi connectivity index (χ4n) is 2.72. The maximum atomic E-state index is 12.8. The zero-order chi connectivity index (χ0) is 21.9. The van der Waals surface area contributed by atoms with Crippen molar-refractivity contribution in [2.24, 2.45) is 10.2 Å². The van der Waals surface area contributed by atoms with Crippen LogP contribution in [0.2, 0.25) is 0 Å². The maximum absolute atomic E-state index is 12.8. The summed E-state index contributed by atoms with van der Waals surface area (Å²) in [4.78, 5) is 11.6. The zero-order valence-corrected chi connectivity index (χ0v) is 18.8. The first-order valence-corrected chi connectivity index (χ1v) is 11.7. The summed E-state index contributed by atoms with van der Waals surface area (Å²) in [6.45, 7) is 7.61. The summed E-state index contributed by atoms with van der Waals surface area (Å²) in [5.74, 6) is 0.364. The van der Waals surface area contributed by atoms with Gasteiger partial charge in [0.1, 0.15) is 4.90 Å². The molecule has 0 unspecified atom stereocenters. The Morgan fingerprint density at radius 3 is 2.47 bits per heavy atom. The SMILES string of the molecule is Cc1cccc(/C=N\N=C2/NC(=O)[C@H](C)S2)c1OS(=O)(=O)c1ccc(C(C)C)cc1. The van der Waals surface area contributed by atoms with Gasteiger partial charge in [0.25, 0.3) is 0 Å². The van der Waals surface area contributed by atoms with Crippen molar-refractivity contribution in [3.8, 4) is 5.75 Å². The summed E-state index contributed by atoms with van der Waals surface area (Å²) in [5.41, 5.74) is 2.15. The van der Waals surface area contributed by atoms with E-state index in [-0.39, 0.29) is 21.8 Å². The average Bonchev–Trinajstić information content (AvgIpc) is 3.02. The molecule has 158 valence electrons. The van der Waals surface area contributed by atoms with Crippen LogP contribution in [0.1, 0.15) is 43.4 Å². The highest BCUT2D eigenvalue weighted by atomic mass is 32.2. The Hall–Kier alpha value is -2.65. The molecular weight excluding hydrogens is 422 g/mol. The molecule has 1 N–H and O–H groups in total. The Morgan fingerprint density at radius 1 is 1.17 bits per heavy atom. The van der Waals surface area contributed by atoms with Crippen molar-refractivity contribution in [1.29, 1.82) is 0 Å². The molecule has 0 saturated carbocycles. The third kappa shape index (κ3) is 5.09. The number of thioether (sulfide) groups is 1. The van der Waals surface area contributed by atoms with Crippen LogP contribution < -0.4 is 9.50 Å². The van der Waals surface area contributed by atoms with Gasteiger partial charge in [-0.3, -0.25) is 4.79 Å². The Bertz CT molecular complexity index is 1110. The molecule has 0 aromatic heterocycles. The number of hydrogen-bond donors (Lipinski definition) is 1. The van der Waals surface area contributed by atoms with Gasteiger partial charge in [0, 0.05) is 5.56 Å². The molecule has 30 heavy (non-hydrogen) atoms. The van der Waals surface area contributed by atoms with Gasteiger partial charge in [-0.05, 0) is 49.1 Å². The van der Waals surface area contributed by atoms with Crippen molar-refractivity contribution in [2.45, 2.75) is 43.8 Å². The van der Waals surface area contributed by atoms with Gasteiger partial charge in [0.15, 0.2) is 10.9 Å². The van der Waals surface area contributed by atoms with Crippen LogP contribution in [0.15, 0.2) is 57.6 Å². The molecule has 1 aliphatic rings. The number of para-hydroxylation sites is 1. The van der Waals surface area contributed by atoms with Crippen molar-refractivity contribution in [1.82, 2.24) is 5.32 Å². The summed E-state index contributed by atoms with van der Waals surface area (Å²) < 4.78 is 31.1. The van der Waals surface area contributed by atoms with Crippen molar-refractivity contribution < 1.29 is 17.4 Å². The minimum atomic E-state index is -4.01. The first-order valence-electron chi connectivity index (χ1n) is 9.40. The summed E-state index contributed by atoms with van der Waals surface area (Å²) in [7, 11) is -4.01. The van der Waals surface area contributed by atoms with E-state index in [0.29, 0.717) is 22.2 Å². The van der Waals surface area contributed by atoms with Crippen molar-refractivity contribution >= 4 is 39.2 Å². The van der Waals surface area contributed by atoms with E-state index in [1.165, 1.54) is 18.0 Å². The number of amides is 1. The third-order valence-electron chi connectivity index (χ3n) is 4.50. The Kier molecular flexibility index (Phi) is 6.62. The highest BCUT2D eigenvalue weighted by Crippen LogP contribution is 2.27. The lowest BCUT2D eigenvalue weighted by atomic mass is 10.0. The number of nitrogens with one attached hydrogen (secondary N) is 1. The van der Waals surface area contributed by atoms with Gasteiger partial charge in [-0.2, -0.15) is 13.5 Å². The van der Waals surface area contributed by atoms with E-state index in [0.717, 1.165) is 5.56 Å². The molecule has 1 atom stereocenters. The average molecular weight is 446 g/mol. The fourth-order valence-corrected chi connectivity index (χ4v) is 4.48. The maximum Gasteiger partial charge on any atom is 0.339 e. The molecule has 0 spiro atoms. The molecule has 1 aliphatic heterocycles. The molecule has 7 nitrogen and oxygen atoms in total. The predicted molar refractivity (Wildman–Crippen MR) is 120 cm³/mol. The van der Waals surface area contributed by atoms with Gasteiger partial charge in [-0.25, -0.2) is 0 Å². The van der Waals surface area contributed by atoms with E-state index in [4.69, 9.17) is 4.18 Å². The molecule has 2 aromatic rings. The highest BCUT2D eigenvalue weighted by Gasteiger charge is 2.25. The van der Waals surface area contributed by atoms with Crippen molar-refractivity contribution in [2.75, 3.05) is 0 Å². The number of carbonyl (C=O) groups is 1. The number of nitrogens with zero attached hydrogens (tertiary/aromatic N) is 2. The molecule has 2 aromatic carbocycles. The van der Waals surface area contributed by atoms with Gasteiger partial charge in [-0.1, -0.05) is 49.9 Å². The van der Waals surface area contributed by atoms with E-state index in [1.807, 2.05) is 13.8 Å². The van der Waals surface area contributed by atoms with E-state index in [2.05, 4.69) is 15.5 Å². The monoisotopic (exact) mass is 445 g/mol. The van der Waals surface area contributed by atoms with Crippen LogP contribution in [0.4, 0.5) is 0 Å². The molecule has 0 radical (unpaired) electrons. The summed E-state index contributed by atoms with van der Waals surface area (Å²) >= 11 is 1.27. The quantitative estimate of drug-likeness (QED) is 0.414. The zero-order valence-electron chi connectivity index (χ0n) is 17.1. The number of benzene rings is 2. The first kappa shape index (κ1) is 22.0. The topological polar surface area (TPSA) is 97.2 Å². The minimum absolute atomic E-state index is 0.0809. The fraction of sp³-hybridized carbons (Fsp3) is 0.286. The lowest BCUT2D eigenvalue weighted by molar-refractivity contribution is -0.118. The molecule has 9 heteroatoms. The van der Waals surface area contributed by atoms with Crippen LogP contribution in [-0.2, 0) is 14.9 Å². The highest BCUT2D eigenvalue weighted by molar-refractivity contribution is 8.15. The van der Waals surface area contributed by atoms with Crippen LogP contribution in [0.3, 0.4) is 0 Å². The summed E-state index contributed by atoms with van der Waals surface area (Å²) in [5, 5.41) is 10.8. The van der Waals surface area contributed by atoms with Crippen molar-refractivity contribution in [3.05, 3.63) is 59.2 Å². The molecule has 1 amide bonds. The van der Waals surface area contributed by atoms with Crippen LogP contribution in [-0.4, -0.2) is 31.0 Å². The normalized spacial score (nSPS) is 18.4. The third-order valence-corrected chi connectivity index (χ3v) is 6.71. The Labute approximate surface area is 180 Å². The summed E-state index contributed by atoms with van der Waals surface area (Å²) in [6.07, 6.45) is 1.41. The lowest BCUT2D eigenvalue weighted by Crippen LogP contribution is -2.23. The Balaban J connectivity index is 1.85. The van der Waals surface area contributed by atoms with Gasteiger partial charge in [-0.15, -0.1) is 5.10 Å². The molecule has 1 saturated heterocycles. The van der Waals surface area contributed by atoms with E-state index in [9.17, 15) is 13.2 Å². The molecule has 0 bridgehead atoms. The number of carbonyl (C=O) groups excluding carboxylic acids is 1. The van der Waals surface area contributed by atoms with E-state index < -0.39 is 10.1 Å². The first-order chi connectivity index (χ1) is 14.2. The van der Waals surface area contributed by atoms with Gasteiger partial charge in [0.2, 0.25) is 5.91 Å². The second kappa shape index (κ2) is 9.01. The lowest BCUT2D eigenvalue weighted by Gasteiger charge is -2.12. The second-order valence-corrected chi connectivity index (χ2v) is 10.0. The van der Waals surface area contributed by atoms with Crippen LogP contribution in [0.5, 0.6) is 5.75 Å². The molecule has 0 aliphatic carbocycles.